The highest BCUT2D eigenvalue weighted by Gasteiger charge is 2.44. The molecule has 2 aromatic heterocycles. The Bertz CT molecular complexity index is 1440. The molecule has 4 aliphatic rings. The van der Waals surface area contributed by atoms with Gasteiger partial charge in [-0.25, -0.2) is 9.78 Å². The molecule has 7 nitrogen and oxygen atoms in total. The monoisotopic (exact) mass is 527 g/mol. The second kappa shape index (κ2) is 9.68. The van der Waals surface area contributed by atoms with Crippen molar-refractivity contribution in [3.8, 4) is 5.75 Å². The molecule has 0 bridgehead atoms. The molecule has 0 unspecified atom stereocenters. The minimum Gasteiger partial charge on any atom is -0.493 e. The van der Waals surface area contributed by atoms with Crippen LogP contribution in [0.1, 0.15) is 110 Å². The molecule has 2 saturated carbocycles. The summed E-state index contributed by atoms with van der Waals surface area (Å²) >= 11 is 0. The Morgan fingerprint density at radius 3 is 2.56 bits per heavy atom. The molecule has 3 heterocycles. The highest BCUT2D eigenvalue weighted by atomic mass is 16.5. The highest BCUT2D eigenvalue weighted by Crippen LogP contribution is 2.56. The summed E-state index contributed by atoms with van der Waals surface area (Å²) in [5.41, 5.74) is 6.21. The van der Waals surface area contributed by atoms with Crippen molar-refractivity contribution >= 4 is 28.1 Å². The lowest BCUT2D eigenvalue weighted by atomic mass is 9.63. The van der Waals surface area contributed by atoms with Crippen molar-refractivity contribution in [2.75, 3.05) is 24.6 Å². The average Bonchev–Trinajstić information content (AvgIpc) is 3.70. The molecule has 3 aliphatic carbocycles. The van der Waals surface area contributed by atoms with E-state index >= 15 is 0 Å². The first-order valence-corrected chi connectivity index (χ1v) is 14.8. The smallest absolute Gasteiger partial charge is 0.354 e. The lowest BCUT2D eigenvalue weighted by molar-refractivity contribution is 0.0690. The van der Waals surface area contributed by atoms with Crippen LogP contribution in [0, 0.1) is 5.41 Å². The number of fused-ring (bicyclic) bond motifs is 1. The minimum atomic E-state index is -1.04. The van der Waals surface area contributed by atoms with Crippen molar-refractivity contribution in [2.45, 2.75) is 83.0 Å². The molecule has 0 radical (unpaired) electrons. The minimum absolute atomic E-state index is 0.00972. The van der Waals surface area contributed by atoms with Gasteiger partial charge in [0.05, 0.1) is 17.8 Å². The molecule has 1 N–H and O–H groups in total. The van der Waals surface area contributed by atoms with Gasteiger partial charge in [0.25, 0.3) is 0 Å². The third-order valence-corrected chi connectivity index (χ3v) is 9.43. The molecule has 39 heavy (non-hydrogen) atoms. The predicted octanol–water partition coefficient (Wildman–Crippen LogP) is 7.32. The van der Waals surface area contributed by atoms with Gasteiger partial charge in [-0.2, -0.15) is 0 Å². The number of benzene rings is 1. The Morgan fingerprint density at radius 2 is 1.87 bits per heavy atom. The average molecular weight is 528 g/mol. The predicted molar refractivity (Wildman–Crippen MR) is 151 cm³/mol. The van der Waals surface area contributed by atoms with Gasteiger partial charge in [0.1, 0.15) is 11.5 Å². The standard InChI is InChI=1S/C32H37N3O4/c1-2-38-27-17-26(31(36)37)33-25-11-10-23(16-24(25)27)35-14-12-32(13-15-35)18-22(19-32)28-29(20-6-4-3-5-7-20)34-39-30(28)21-8-9-21/h10-11,16-18,20-21H,2-9,12-15,19H2,1H3,(H,36,37). The fourth-order valence-corrected chi connectivity index (χ4v) is 7.09. The maximum absolute atomic E-state index is 11.5. The van der Waals surface area contributed by atoms with Crippen LogP contribution in [0.3, 0.4) is 0 Å². The van der Waals surface area contributed by atoms with Crippen LogP contribution >= 0.6 is 0 Å². The summed E-state index contributed by atoms with van der Waals surface area (Å²) in [6, 6.07) is 7.62. The number of aromatic carboxylic acids is 1. The number of rotatable bonds is 7. The zero-order valence-electron chi connectivity index (χ0n) is 22.7. The van der Waals surface area contributed by atoms with Crippen molar-refractivity contribution in [1.82, 2.24) is 10.1 Å². The third kappa shape index (κ3) is 4.50. The molecule has 0 amide bonds. The summed E-state index contributed by atoms with van der Waals surface area (Å²) < 4.78 is 11.8. The molecule has 0 atom stereocenters. The number of pyridine rings is 1. The topological polar surface area (TPSA) is 88.7 Å². The second-order valence-electron chi connectivity index (χ2n) is 12.1. The number of hydrogen-bond acceptors (Lipinski definition) is 6. The Morgan fingerprint density at radius 1 is 1.10 bits per heavy atom. The van der Waals surface area contributed by atoms with Crippen molar-refractivity contribution in [1.29, 1.82) is 0 Å². The molecule has 7 rings (SSSR count). The highest BCUT2D eigenvalue weighted by molar-refractivity contribution is 5.94. The number of carbonyl (C=O) groups is 1. The molecule has 3 fully saturated rings. The van der Waals surface area contributed by atoms with E-state index in [4.69, 9.17) is 9.26 Å². The molecule has 1 spiro atoms. The normalized spacial score (nSPS) is 21.2. The van der Waals surface area contributed by atoms with E-state index in [-0.39, 0.29) is 11.1 Å². The van der Waals surface area contributed by atoms with Gasteiger partial charge in [-0.15, -0.1) is 0 Å². The largest absolute Gasteiger partial charge is 0.493 e. The summed E-state index contributed by atoms with van der Waals surface area (Å²) in [7, 11) is 0. The van der Waals surface area contributed by atoms with E-state index in [9.17, 15) is 9.90 Å². The van der Waals surface area contributed by atoms with E-state index in [0.29, 0.717) is 29.7 Å². The molecular formula is C32H37N3O4. The zero-order valence-corrected chi connectivity index (χ0v) is 22.7. The Balaban J connectivity index is 1.10. The zero-order chi connectivity index (χ0) is 26.6. The molecule has 1 aromatic carbocycles. The fourth-order valence-electron chi connectivity index (χ4n) is 7.09. The number of piperidine rings is 1. The molecule has 7 heteroatoms. The van der Waals surface area contributed by atoms with Crippen LogP contribution in [0.25, 0.3) is 16.5 Å². The Labute approximate surface area is 229 Å². The first-order chi connectivity index (χ1) is 19.0. The van der Waals surface area contributed by atoms with E-state index < -0.39 is 5.97 Å². The van der Waals surface area contributed by atoms with Gasteiger partial charge >= 0.3 is 5.97 Å². The van der Waals surface area contributed by atoms with Crippen LogP contribution in [-0.2, 0) is 0 Å². The van der Waals surface area contributed by atoms with E-state index in [2.05, 4.69) is 33.2 Å². The lowest BCUT2D eigenvalue weighted by Gasteiger charge is -2.47. The van der Waals surface area contributed by atoms with Crippen molar-refractivity contribution < 1.29 is 19.2 Å². The first kappa shape index (κ1) is 24.7. The van der Waals surface area contributed by atoms with Crippen LogP contribution in [-0.4, -0.2) is 40.9 Å². The Hall–Kier alpha value is -3.35. The quantitative estimate of drug-likeness (QED) is 0.344. The molecular weight excluding hydrogens is 490 g/mol. The summed E-state index contributed by atoms with van der Waals surface area (Å²) in [6.07, 6.45) is 14.9. The van der Waals surface area contributed by atoms with Crippen molar-refractivity contribution in [2.24, 2.45) is 5.41 Å². The second-order valence-corrected chi connectivity index (χ2v) is 12.1. The SMILES string of the molecule is CCOc1cc(C(=O)O)nc2ccc(N3CCC4(C=C(c5c(C6CCCCC6)noc5C5CC5)C4)CC3)cc12. The maximum Gasteiger partial charge on any atom is 0.354 e. The lowest BCUT2D eigenvalue weighted by Crippen LogP contribution is -2.42. The summed E-state index contributed by atoms with van der Waals surface area (Å²) in [4.78, 5) is 18.3. The van der Waals surface area contributed by atoms with Gasteiger partial charge < -0.3 is 19.3 Å². The van der Waals surface area contributed by atoms with Gasteiger partial charge in [-0.05, 0) is 81.1 Å². The molecule has 3 aromatic rings. The maximum atomic E-state index is 11.5. The number of ether oxygens (including phenoxy) is 1. The van der Waals surface area contributed by atoms with Crippen molar-refractivity contribution in [3.05, 3.63) is 53.1 Å². The molecule has 204 valence electrons. The van der Waals surface area contributed by atoms with Crippen molar-refractivity contribution in [3.63, 3.8) is 0 Å². The van der Waals surface area contributed by atoms with Gasteiger partial charge in [0.15, 0.2) is 5.69 Å². The molecule has 1 aliphatic heterocycles. The number of carboxylic acids is 1. The third-order valence-electron chi connectivity index (χ3n) is 9.43. The number of hydrogen-bond donors (Lipinski definition) is 1. The number of allylic oxidation sites excluding steroid dienone is 2. The van der Waals surface area contributed by atoms with Crippen LogP contribution in [0.15, 0.2) is 34.9 Å². The van der Waals surface area contributed by atoms with E-state index in [1.807, 2.05) is 13.0 Å². The van der Waals surface area contributed by atoms with Crippen LogP contribution < -0.4 is 9.64 Å². The van der Waals surface area contributed by atoms with Gasteiger partial charge in [0.2, 0.25) is 0 Å². The number of carboxylic acid groups (broad SMARTS) is 1. The van der Waals surface area contributed by atoms with E-state index in [1.54, 1.807) is 0 Å². The molecule has 1 saturated heterocycles. The van der Waals surface area contributed by atoms with Crippen LogP contribution in [0.5, 0.6) is 5.75 Å². The number of nitrogens with zero attached hydrogens (tertiary/aromatic N) is 3. The Kier molecular flexibility index (Phi) is 6.13. The number of anilines is 1. The van der Waals surface area contributed by atoms with Gasteiger partial charge in [-0.3, -0.25) is 0 Å². The van der Waals surface area contributed by atoms with Crippen LogP contribution in [0.2, 0.25) is 0 Å². The van der Waals surface area contributed by atoms with Gasteiger partial charge in [0, 0.05) is 47.6 Å². The summed E-state index contributed by atoms with van der Waals surface area (Å²) in [5.74, 6) is 1.86. The van der Waals surface area contributed by atoms with Crippen LogP contribution in [0.4, 0.5) is 5.69 Å². The fraction of sp³-hybridized carbons (Fsp3) is 0.531. The van der Waals surface area contributed by atoms with Gasteiger partial charge in [-0.1, -0.05) is 30.5 Å². The number of aromatic nitrogens is 2. The van der Waals surface area contributed by atoms with E-state index in [0.717, 1.165) is 43.4 Å². The summed E-state index contributed by atoms with van der Waals surface area (Å²) in [6.45, 7) is 4.37. The van der Waals surface area contributed by atoms with E-state index in [1.165, 1.54) is 73.6 Å². The first-order valence-electron chi connectivity index (χ1n) is 14.8. The summed E-state index contributed by atoms with van der Waals surface area (Å²) in [5, 5.41) is 15.0.